The molecule has 0 saturated carbocycles. The molecule has 3 aromatic rings. The molecule has 0 radical (unpaired) electrons. The van der Waals surface area contributed by atoms with E-state index in [0.717, 1.165) is 16.9 Å². The second kappa shape index (κ2) is 4.70. The van der Waals surface area contributed by atoms with Gasteiger partial charge in [0.05, 0.1) is 23.1 Å². The standard InChI is InChI=1S/C18H14N2O3S/c1-18-9-13(12-4-2-3-5-14(12)23-18)20-16(21)15(24-17(20)19-18)8-11-6-7-22-10-11/h2-8,10,13H,9H2,1H3. The highest BCUT2D eigenvalue weighted by Crippen LogP contribution is 2.42. The largest absolute Gasteiger partial charge is 0.472 e. The first-order chi connectivity index (χ1) is 11.6. The molecule has 4 heterocycles. The van der Waals surface area contributed by atoms with Crippen molar-refractivity contribution >= 4 is 17.4 Å². The molecular weight excluding hydrogens is 324 g/mol. The van der Waals surface area contributed by atoms with Gasteiger partial charge in [-0.1, -0.05) is 29.5 Å². The number of benzene rings is 1. The van der Waals surface area contributed by atoms with Crippen molar-refractivity contribution in [2.75, 3.05) is 0 Å². The van der Waals surface area contributed by atoms with E-state index in [9.17, 15) is 4.79 Å². The van der Waals surface area contributed by atoms with Crippen molar-refractivity contribution in [1.82, 2.24) is 4.57 Å². The van der Waals surface area contributed by atoms with Crippen LogP contribution in [-0.4, -0.2) is 10.3 Å². The summed E-state index contributed by atoms with van der Waals surface area (Å²) in [5, 5.41) is 0. The lowest BCUT2D eigenvalue weighted by Crippen LogP contribution is -2.49. The summed E-state index contributed by atoms with van der Waals surface area (Å²) in [4.78, 5) is 18.4. The van der Waals surface area contributed by atoms with Gasteiger partial charge in [-0.2, -0.15) is 0 Å². The van der Waals surface area contributed by atoms with Crippen LogP contribution in [0.15, 0.2) is 57.1 Å². The van der Waals surface area contributed by atoms with Crippen LogP contribution in [0.2, 0.25) is 0 Å². The van der Waals surface area contributed by atoms with Crippen molar-refractivity contribution in [1.29, 1.82) is 0 Å². The zero-order chi connectivity index (χ0) is 16.3. The molecule has 0 fully saturated rings. The Kier molecular flexibility index (Phi) is 2.71. The van der Waals surface area contributed by atoms with Crippen LogP contribution in [0.25, 0.3) is 6.08 Å². The predicted molar refractivity (Wildman–Crippen MR) is 89.9 cm³/mol. The molecule has 2 aromatic heterocycles. The quantitative estimate of drug-likeness (QED) is 0.682. The van der Waals surface area contributed by atoms with Gasteiger partial charge in [0.25, 0.3) is 5.56 Å². The van der Waals surface area contributed by atoms with Crippen molar-refractivity contribution < 1.29 is 9.15 Å². The summed E-state index contributed by atoms with van der Waals surface area (Å²) in [7, 11) is 0. The third kappa shape index (κ3) is 1.93. The monoisotopic (exact) mass is 338 g/mol. The molecule has 24 heavy (non-hydrogen) atoms. The van der Waals surface area contributed by atoms with Gasteiger partial charge >= 0.3 is 0 Å². The second-order valence-corrected chi connectivity index (χ2v) is 7.28. The van der Waals surface area contributed by atoms with Crippen molar-refractivity contribution in [3.05, 3.63) is 73.7 Å². The maximum Gasteiger partial charge on any atom is 0.270 e. The van der Waals surface area contributed by atoms with E-state index in [4.69, 9.17) is 14.1 Å². The number of para-hydroxylation sites is 1. The van der Waals surface area contributed by atoms with Gasteiger partial charge in [0.15, 0.2) is 4.80 Å². The van der Waals surface area contributed by atoms with Gasteiger partial charge < -0.3 is 9.15 Å². The summed E-state index contributed by atoms with van der Waals surface area (Å²) in [6.07, 6.45) is 5.73. The fourth-order valence-corrected chi connectivity index (χ4v) is 4.57. The molecule has 0 aliphatic carbocycles. The lowest BCUT2D eigenvalue weighted by molar-refractivity contribution is 0.0410. The minimum Gasteiger partial charge on any atom is -0.472 e. The van der Waals surface area contributed by atoms with E-state index < -0.39 is 5.72 Å². The number of hydrogen-bond donors (Lipinski definition) is 0. The molecule has 5 nitrogen and oxygen atoms in total. The van der Waals surface area contributed by atoms with Crippen molar-refractivity contribution in [2.24, 2.45) is 4.99 Å². The minimum absolute atomic E-state index is 0.0105. The smallest absolute Gasteiger partial charge is 0.270 e. The lowest BCUT2D eigenvalue weighted by Gasteiger charge is -2.39. The number of furan rings is 1. The van der Waals surface area contributed by atoms with Crippen LogP contribution in [0.5, 0.6) is 5.75 Å². The molecule has 1 aromatic carbocycles. The van der Waals surface area contributed by atoms with Crippen LogP contribution in [0.3, 0.4) is 0 Å². The highest BCUT2D eigenvalue weighted by Gasteiger charge is 2.42. The fraction of sp³-hybridized carbons (Fsp3) is 0.222. The number of nitrogens with zero attached hydrogens (tertiary/aromatic N) is 2. The Labute approximate surface area is 141 Å². The number of fused-ring (bicyclic) bond motifs is 6. The average molecular weight is 338 g/mol. The Bertz CT molecular complexity index is 1110. The molecule has 2 bridgehead atoms. The molecule has 2 aliphatic rings. The number of ether oxygens (including phenoxy) is 1. The molecule has 2 unspecified atom stereocenters. The number of thiazole rings is 1. The van der Waals surface area contributed by atoms with E-state index in [0.29, 0.717) is 15.8 Å². The first-order valence-electron chi connectivity index (χ1n) is 7.76. The van der Waals surface area contributed by atoms with E-state index in [2.05, 4.69) is 0 Å². The summed E-state index contributed by atoms with van der Waals surface area (Å²) in [6, 6.07) is 9.68. The molecule has 0 saturated heterocycles. The van der Waals surface area contributed by atoms with Crippen LogP contribution in [0.1, 0.15) is 30.5 Å². The summed E-state index contributed by atoms with van der Waals surface area (Å²) >= 11 is 1.40. The van der Waals surface area contributed by atoms with Gasteiger partial charge in [0.2, 0.25) is 5.72 Å². The number of hydrogen-bond acceptors (Lipinski definition) is 5. The van der Waals surface area contributed by atoms with Crippen LogP contribution < -0.4 is 19.6 Å². The van der Waals surface area contributed by atoms with Crippen LogP contribution in [-0.2, 0) is 0 Å². The van der Waals surface area contributed by atoms with Gasteiger partial charge in [-0.25, -0.2) is 4.99 Å². The van der Waals surface area contributed by atoms with Gasteiger partial charge in [0.1, 0.15) is 5.75 Å². The summed E-state index contributed by atoms with van der Waals surface area (Å²) in [6.45, 7) is 1.98. The zero-order valence-electron chi connectivity index (χ0n) is 12.9. The van der Waals surface area contributed by atoms with Gasteiger partial charge in [-0.05, 0) is 25.1 Å². The maximum atomic E-state index is 13.0. The van der Waals surface area contributed by atoms with E-state index in [1.165, 1.54) is 11.3 Å². The van der Waals surface area contributed by atoms with Gasteiger partial charge in [0, 0.05) is 17.5 Å². The predicted octanol–water partition coefficient (Wildman–Crippen LogP) is 2.05. The third-order valence-corrected chi connectivity index (χ3v) is 5.48. The Hall–Kier alpha value is -2.60. The minimum atomic E-state index is -0.622. The first-order valence-corrected chi connectivity index (χ1v) is 8.58. The van der Waals surface area contributed by atoms with E-state index in [1.54, 1.807) is 17.1 Å². The van der Waals surface area contributed by atoms with Crippen LogP contribution in [0.4, 0.5) is 0 Å². The molecule has 6 heteroatoms. The molecule has 5 rings (SSSR count). The maximum absolute atomic E-state index is 13.0. The summed E-state index contributed by atoms with van der Waals surface area (Å²) in [5.74, 6) is 0.809. The first kappa shape index (κ1) is 13.8. The molecule has 0 N–H and O–H groups in total. The topological polar surface area (TPSA) is 56.7 Å². The highest BCUT2D eigenvalue weighted by atomic mass is 32.1. The van der Waals surface area contributed by atoms with Crippen molar-refractivity contribution in [3.8, 4) is 5.75 Å². The molecule has 0 amide bonds. The summed E-state index contributed by atoms with van der Waals surface area (Å²) < 4.78 is 13.6. The van der Waals surface area contributed by atoms with Crippen molar-refractivity contribution in [3.63, 3.8) is 0 Å². The Morgan fingerprint density at radius 3 is 3.08 bits per heavy atom. The van der Waals surface area contributed by atoms with E-state index in [1.807, 2.05) is 43.3 Å². The fourth-order valence-electron chi connectivity index (χ4n) is 3.45. The molecule has 2 atom stereocenters. The van der Waals surface area contributed by atoms with E-state index in [-0.39, 0.29) is 11.6 Å². The van der Waals surface area contributed by atoms with Gasteiger partial charge in [-0.3, -0.25) is 9.36 Å². The van der Waals surface area contributed by atoms with Crippen molar-refractivity contribution in [2.45, 2.75) is 25.1 Å². The van der Waals surface area contributed by atoms with E-state index >= 15 is 0 Å². The normalized spacial score (nSPS) is 24.7. The van der Waals surface area contributed by atoms with Crippen LogP contribution >= 0.6 is 11.3 Å². The van der Waals surface area contributed by atoms with Gasteiger partial charge in [-0.15, -0.1) is 0 Å². The number of rotatable bonds is 1. The zero-order valence-corrected chi connectivity index (χ0v) is 13.7. The molecular formula is C18H14N2O3S. The SMILES string of the molecule is CC12CC(c3ccccc3O1)n1c(sc(=Cc3ccoc3)c1=O)=N2. The number of aromatic nitrogens is 1. The lowest BCUT2D eigenvalue weighted by atomic mass is 9.93. The third-order valence-electron chi connectivity index (χ3n) is 4.50. The molecule has 2 aliphatic heterocycles. The molecule has 0 spiro atoms. The molecule has 120 valence electrons. The Balaban J connectivity index is 1.80. The Morgan fingerprint density at radius 2 is 2.25 bits per heavy atom. The van der Waals surface area contributed by atoms with Crippen LogP contribution in [0, 0.1) is 0 Å². The highest BCUT2D eigenvalue weighted by molar-refractivity contribution is 7.07. The second-order valence-electron chi connectivity index (χ2n) is 6.27. The summed E-state index contributed by atoms with van der Waals surface area (Å²) in [5.41, 5.74) is 1.28. The average Bonchev–Trinajstić information content (AvgIpc) is 3.16. The Morgan fingerprint density at radius 1 is 1.38 bits per heavy atom.